The van der Waals surface area contributed by atoms with Crippen LogP contribution in [0.1, 0.15) is 89.9 Å². The van der Waals surface area contributed by atoms with E-state index < -0.39 is 11.9 Å². The van der Waals surface area contributed by atoms with Crippen molar-refractivity contribution in [2.24, 2.45) is 5.73 Å². The Bertz CT molecular complexity index is 445. The molecule has 0 atom stereocenters. The van der Waals surface area contributed by atoms with Crippen LogP contribution in [-0.4, -0.2) is 55.9 Å². The van der Waals surface area contributed by atoms with E-state index in [4.69, 9.17) is 20.3 Å². The summed E-state index contributed by atoms with van der Waals surface area (Å²) in [6.07, 6.45) is 14.5. The molecule has 4 N–H and O–H groups in total. The predicted molar refractivity (Wildman–Crippen MR) is 116 cm³/mol. The summed E-state index contributed by atoms with van der Waals surface area (Å²) >= 11 is 0. The third-order valence-electron chi connectivity index (χ3n) is 4.73. The van der Waals surface area contributed by atoms with Crippen LogP contribution in [0.3, 0.4) is 0 Å². The summed E-state index contributed by atoms with van der Waals surface area (Å²) in [5.74, 6) is -1.13. The molecule has 8 nitrogen and oxygen atoms in total. The van der Waals surface area contributed by atoms with E-state index in [0.29, 0.717) is 39.2 Å². The van der Waals surface area contributed by atoms with Gasteiger partial charge in [0.15, 0.2) is 0 Å². The Morgan fingerprint density at radius 3 is 1.63 bits per heavy atom. The average Bonchev–Trinajstić information content (AvgIpc) is 2.69. The van der Waals surface area contributed by atoms with E-state index in [1.54, 1.807) is 0 Å². The molecule has 2 amide bonds. The van der Waals surface area contributed by atoms with Gasteiger partial charge < -0.3 is 25.6 Å². The van der Waals surface area contributed by atoms with Crippen molar-refractivity contribution in [3.05, 3.63) is 0 Å². The Morgan fingerprint density at radius 1 is 0.667 bits per heavy atom. The highest BCUT2D eigenvalue weighted by Crippen LogP contribution is 2.13. The lowest BCUT2D eigenvalue weighted by molar-refractivity contribution is -0.137. The van der Waals surface area contributed by atoms with E-state index in [1.165, 1.54) is 44.9 Å². The summed E-state index contributed by atoms with van der Waals surface area (Å²) in [5, 5.41) is 11.4. The summed E-state index contributed by atoms with van der Waals surface area (Å²) in [6.45, 7) is 1.49. The molecule has 0 aromatic carbocycles. The summed E-state index contributed by atoms with van der Waals surface area (Å²) in [7, 11) is 0. The fourth-order valence-electron chi connectivity index (χ4n) is 3.07. The summed E-state index contributed by atoms with van der Waals surface area (Å²) in [6, 6.07) is 0. The first-order valence-electron chi connectivity index (χ1n) is 11.4. The Balaban J connectivity index is 3.17. The number of hydrogen-bond donors (Lipinski definition) is 3. The molecule has 0 aromatic rings. The average molecular weight is 431 g/mol. The summed E-state index contributed by atoms with van der Waals surface area (Å²) < 4.78 is 10.2. The molecule has 176 valence electrons. The highest BCUT2D eigenvalue weighted by atomic mass is 16.5. The van der Waals surface area contributed by atoms with Gasteiger partial charge in [-0.3, -0.25) is 14.4 Å². The van der Waals surface area contributed by atoms with Crippen LogP contribution in [0.2, 0.25) is 0 Å². The van der Waals surface area contributed by atoms with E-state index in [0.717, 1.165) is 32.1 Å². The lowest BCUT2D eigenvalue weighted by Crippen LogP contribution is -2.27. The molecule has 0 aliphatic carbocycles. The van der Waals surface area contributed by atoms with Gasteiger partial charge in [-0.2, -0.15) is 0 Å². The zero-order valence-electron chi connectivity index (χ0n) is 18.5. The molecule has 8 heteroatoms. The molecule has 0 rings (SSSR count). The van der Waals surface area contributed by atoms with Crippen LogP contribution in [0.5, 0.6) is 0 Å². The number of nitrogens with one attached hydrogen (secondary N) is 1. The van der Waals surface area contributed by atoms with Crippen LogP contribution in [0, 0.1) is 0 Å². The maximum Gasteiger partial charge on any atom is 0.303 e. The van der Waals surface area contributed by atoms with E-state index in [-0.39, 0.29) is 12.5 Å². The van der Waals surface area contributed by atoms with Crippen molar-refractivity contribution < 1.29 is 29.0 Å². The number of nitrogens with two attached hydrogens (primary N) is 1. The molecule has 0 heterocycles. The van der Waals surface area contributed by atoms with Crippen molar-refractivity contribution in [1.82, 2.24) is 5.32 Å². The molecule has 0 aliphatic rings. The third-order valence-corrected chi connectivity index (χ3v) is 4.73. The Kier molecular flexibility index (Phi) is 20.8. The van der Waals surface area contributed by atoms with Gasteiger partial charge in [0.05, 0.1) is 19.8 Å². The number of ether oxygens (including phenoxy) is 2. The maximum atomic E-state index is 11.7. The Morgan fingerprint density at radius 2 is 1.13 bits per heavy atom. The van der Waals surface area contributed by atoms with Crippen molar-refractivity contribution in [3.8, 4) is 0 Å². The second-order valence-corrected chi connectivity index (χ2v) is 7.62. The lowest BCUT2D eigenvalue weighted by Gasteiger charge is -2.07. The number of primary amides is 1. The van der Waals surface area contributed by atoms with E-state index in [9.17, 15) is 14.4 Å². The van der Waals surface area contributed by atoms with Crippen LogP contribution in [0.15, 0.2) is 0 Å². The molecular formula is C22H42N2O6. The fourth-order valence-corrected chi connectivity index (χ4v) is 3.07. The standard InChI is InChI=1S/C22H42N2O6/c23-20(25)19-30-18-17-29-16-15-24-21(26)13-11-9-7-5-3-1-2-4-6-8-10-12-14-22(27)28/h1-19H2,(H2,23,25)(H,24,26)(H,27,28). The highest BCUT2D eigenvalue weighted by Gasteiger charge is 2.01. The van der Waals surface area contributed by atoms with E-state index >= 15 is 0 Å². The van der Waals surface area contributed by atoms with Gasteiger partial charge >= 0.3 is 5.97 Å². The van der Waals surface area contributed by atoms with Crippen molar-refractivity contribution in [3.63, 3.8) is 0 Å². The molecular weight excluding hydrogens is 388 g/mol. The van der Waals surface area contributed by atoms with Crippen LogP contribution in [0.25, 0.3) is 0 Å². The number of carbonyl (C=O) groups is 3. The largest absolute Gasteiger partial charge is 0.481 e. The smallest absolute Gasteiger partial charge is 0.303 e. The monoisotopic (exact) mass is 430 g/mol. The zero-order valence-corrected chi connectivity index (χ0v) is 18.5. The number of unbranched alkanes of at least 4 members (excludes halogenated alkanes) is 11. The fraction of sp³-hybridized carbons (Fsp3) is 0.864. The molecule has 0 aromatic heterocycles. The molecule has 0 saturated carbocycles. The quantitative estimate of drug-likeness (QED) is 0.214. The molecule has 0 radical (unpaired) electrons. The molecule has 0 aliphatic heterocycles. The van der Waals surface area contributed by atoms with Gasteiger partial charge in [-0.05, 0) is 12.8 Å². The van der Waals surface area contributed by atoms with E-state index in [2.05, 4.69) is 5.32 Å². The number of rotatable bonds is 23. The van der Waals surface area contributed by atoms with Gasteiger partial charge in [0, 0.05) is 19.4 Å². The minimum absolute atomic E-state index is 0.0620. The number of carboxylic acids is 1. The molecule has 30 heavy (non-hydrogen) atoms. The zero-order chi connectivity index (χ0) is 22.3. The van der Waals surface area contributed by atoms with E-state index in [1.807, 2.05) is 0 Å². The molecule has 0 bridgehead atoms. The van der Waals surface area contributed by atoms with Crippen molar-refractivity contribution in [2.45, 2.75) is 89.9 Å². The number of aliphatic carboxylic acids is 1. The number of carboxylic acid groups (broad SMARTS) is 1. The SMILES string of the molecule is NC(=O)COCCOCCNC(=O)CCCCCCCCCCCCCCC(=O)O. The second-order valence-electron chi connectivity index (χ2n) is 7.62. The molecule has 0 saturated heterocycles. The molecule has 0 unspecified atom stereocenters. The van der Waals surface area contributed by atoms with Crippen molar-refractivity contribution in [1.29, 1.82) is 0 Å². The Hall–Kier alpha value is -1.67. The first-order chi connectivity index (χ1) is 14.5. The van der Waals surface area contributed by atoms with Gasteiger partial charge in [0.2, 0.25) is 11.8 Å². The van der Waals surface area contributed by atoms with Crippen LogP contribution in [0.4, 0.5) is 0 Å². The van der Waals surface area contributed by atoms with Gasteiger partial charge in [-0.1, -0.05) is 64.2 Å². The topological polar surface area (TPSA) is 128 Å². The molecule has 0 fully saturated rings. The van der Waals surface area contributed by atoms with Crippen LogP contribution >= 0.6 is 0 Å². The molecule has 0 spiro atoms. The summed E-state index contributed by atoms with van der Waals surface area (Å²) in [5.41, 5.74) is 4.94. The van der Waals surface area contributed by atoms with Crippen LogP contribution < -0.4 is 11.1 Å². The third kappa shape index (κ3) is 24.4. The van der Waals surface area contributed by atoms with Crippen LogP contribution in [-0.2, 0) is 23.9 Å². The number of hydrogen-bond acceptors (Lipinski definition) is 5. The highest BCUT2D eigenvalue weighted by molar-refractivity contribution is 5.75. The number of amides is 2. The Labute approximate surface area is 181 Å². The first-order valence-corrected chi connectivity index (χ1v) is 11.4. The maximum absolute atomic E-state index is 11.7. The number of carbonyl (C=O) groups excluding carboxylic acids is 2. The second kappa shape index (κ2) is 22.0. The van der Waals surface area contributed by atoms with Crippen molar-refractivity contribution >= 4 is 17.8 Å². The normalized spacial score (nSPS) is 10.8. The van der Waals surface area contributed by atoms with Crippen molar-refractivity contribution in [2.75, 3.05) is 33.0 Å². The predicted octanol–water partition coefficient (Wildman–Crippen LogP) is 3.17. The van der Waals surface area contributed by atoms with Gasteiger partial charge in [-0.25, -0.2) is 0 Å². The van der Waals surface area contributed by atoms with Gasteiger partial charge in [-0.15, -0.1) is 0 Å². The summed E-state index contributed by atoms with van der Waals surface area (Å²) in [4.78, 5) is 32.6. The van der Waals surface area contributed by atoms with Gasteiger partial charge in [0.1, 0.15) is 6.61 Å². The first kappa shape index (κ1) is 28.3. The minimum atomic E-state index is -0.692. The minimum Gasteiger partial charge on any atom is -0.481 e. The lowest BCUT2D eigenvalue weighted by atomic mass is 10.0. The van der Waals surface area contributed by atoms with Gasteiger partial charge in [0.25, 0.3) is 0 Å².